The van der Waals surface area contributed by atoms with Crippen LogP contribution in [-0.4, -0.2) is 48.9 Å². The Morgan fingerprint density at radius 3 is 2.03 bits per heavy atom. The normalized spacial score (nSPS) is 10.2. The summed E-state index contributed by atoms with van der Waals surface area (Å²) in [6.07, 6.45) is 0. The second-order valence-electron chi connectivity index (χ2n) is 7.12. The van der Waals surface area contributed by atoms with Crippen LogP contribution in [0.2, 0.25) is 0 Å². The number of methoxy groups -OCH3 is 1. The molecule has 0 aromatic heterocycles. The van der Waals surface area contributed by atoms with Crippen LogP contribution in [0.5, 0.6) is 11.5 Å². The van der Waals surface area contributed by atoms with Gasteiger partial charge in [-0.25, -0.2) is 0 Å². The number of phenols is 1. The molecule has 164 valence electrons. The van der Waals surface area contributed by atoms with Crippen LogP contribution in [0.15, 0.2) is 66.7 Å². The van der Waals surface area contributed by atoms with Gasteiger partial charge in [-0.05, 0) is 48.5 Å². The van der Waals surface area contributed by atoms with E-state index in [1.165, 1.54) is 38.2 Å². The number of amides is 3. The summed E-state index contributed by atoms with van der Waals surface area (Å²) in [5.41, 5.74) is 0.911. The van der Waals surface area contributed by atoms with E-state index >= 15 is 0 Å². The van der Waals surface area contributed by atoms with Gasteiger partial charge < -0.3 is 25.4 Å². The van der Waals surface area contributed by atoms with Crippen molar-refractivity contribution in [1.82, 2.24) is 4.90 Å². The molecule has 32 heavy (non-hydrogen) atoms. The highest BCUT2D eigenvalue weighted by atomic mass is 16.5. The number of carbonyl (C=O) groups is 3. The van der Waals surface area contributed by atoms with E-state index in [2.05, 4.69) is 10.6 Å². The number of aromatic hydroxyl groups is 1. The van der Waals surface area contributed by atoms with Crippen LogP contribution < -0.4 is 15.4 Å². The number of carbonyl (C=O) groups excluding carboxylic acids is 3. The Morgan fingerprint density at radius 2 is 1.44 bits per heavy atom. The van der Waals surface area contributed by atoms with E-state index in [1.807, 2.05) is 0 Å². The van der Waals surface area contributed by atoms with Gasteiger partial charge in [0.1, 0.15) is 5.75 Å². The minimum absolute atomic E-state index is 0.0121. The molecular formula is C24H23N3O5. The lowest BCUT2D eigenvalue weighted by atomic mass is 10.1. The highest BCUT2D eigenvalue weighted by Gasteiger charge is 2.21. The van der Waals surface area contributed by atoms with Crippen LogP contribution in [0.4, 0.5) is 11.4 Å². The second-order valence-corrected chi connectivity index (χ2v) is 7.12. The quantitative estimate of drug-likeness (QED) is 0.407. The predicted octanol–water partition coefficient (Wildman–Crippen LogP) is 3.61. The van der Waals surface area contributed by atoms with E-state index in [-0.39, 0.29) is 16.9 Å². The van der Waals surface area contributed by atoms with Gasteiger partial charge in [0.05, 0.1) is 18.4 Å². The Labute approximate surface area is 185 Å². The number of nitrogens with zero attached hydrogens (tertiary/aromatic N) is 1. The van der Waals surface area contributed by atoms with E-state index in [1.54, 1.807) is 54.6 Å². The van der Waals surface area contributed by atoms with Gasteiger partial charge in [0.2, 0.25) is 0 Å². The lowest BCUT2D eigenvalue weighted by Crippen LogP contribution is -2.23. The number of rotatable bonds is 6. The average Bonchev–Trinajstić information content (AvgIpc) is 2.81. The van der Waals surface area contributed by atoms with Crippen molar-refractivity contribution in [1.29, 1.82) is 0 Å². The molecule has 0 spiro atoms. The average molecular weight is 433 g/mol. The molecule has 0 heterocycles. The molecule has 0 aliphatic heterocycles. The van der Waals surface area contributed by atoms with Crippen LogP contribution in [0, 0.1) is 0 Å². The number of phenolic OH excluding ortho intramolecular Hbond substituents is 1. The van der Waals surface area contributed by atoms with Crippen molar-refractivity contribution in [2.24, 2.45) is 0 Å². The van der Waals surface area contributed by atoms with Gasteiger partial charge in [0.25, 0.3) is 17.7 Å². The fourth-order valence-corrected chi connectivity index (χ4v) is 2.94. The van der Waals surface area contributed by atoms with Gasteiger partial charge in [0.15, 0.2) is 5.75 Å². The Kier molecular flexibility index (Phi) is 6.74. The minimum Gasteiger partial charge on any atom is -0.505 e. The standard InChI is InChI=1S/C24H23N3O5/c1-27(2)24(31)19-13-17(25-22(29)15-7-5-4-6-8-15)14-20(21(19)28)26-23(30)16-9-11-18(32-3)12-10-16/h4-14,28H,1-3H3,(H,25,29)(H,26,30). The first kappa shape index (κ1) is 22.4. The minimum atomic E-state index is -0.502. The number of anilines is 2. The van der Waals surface area contributed by atoms with E-state index in [9.17, 15) is 19.5 Å². The number of hydrogen-bond donors (Lipinski definition) is 3. The van der Waals surface area contributed by atoms with Crippen LogP contribution in [0.3, 0.4) is 0 Å². The zero-order valence-corrected chi connectivity index (χ0v) is 17.9. The molecule has 0 saturated carbocycles. The summed E-state index contributed by atoms with van der Waals surface area (Å²) in [7, 11) is 4.59. The first-order valence-electron chi connectivity index (χ1n) is 9.70. The molecule has 0 aliphatic rings. The molecule has 3 N–H and O–H groups in total. The number of ether oxygens (including phenoxy) is 1. The van der Waals surface area contributed by atoms with Crippen LogP contribution in [0.25, 0.3) is 0 Å². The topological polar surface area (TPSA) is 108 Å². The molecule has 8 nitrogen and oxygen atoms in total. The fourth-order valence-electron chi connectivity index (χ4n) is 2.94. The molecule has 0 atom stereocenters. The predicted molar refractivity (Wildman–Crippen MR) is 121 cm³/mol. The van der Waals surface area contributed by atoms with E-state index in [0.717, 1.165) is 0 Å². The summed E-state index contributed by atoms with van der Waals surface area (Å²) in [5, 5.41) is 16.0. The molecular weight excluding hydrogens is 410 g/mol. The maximum Gasteiger partial charge on any atom is 0.257 e. The second kappa shape index (κ2) is 9.65. The van der Waals surface area contributed by atoms with Crippen molar-refractivity contribution in [2.45, 2.75) is 0 Å². The highest BCUT2D eigenvalue weighted by Crippen LogP contribution is 2.33. The Morgan fingerprint density at radius 1 is 0.844 bits per heavy atom. The molecule has 8 heteroatoms. The molecule has 3 aromatic carbocycles. The number of hydrogen-bond acceptors (Lipinski definition) is 5. The van der Waals surface area contributed by atoms with Crippen LogP contribution >= 0.6 is 0 Å². The first-order valence-corrected chi connectivity index (χ1v) is 9.70. The van der Waals surface area contributed by atoms with E-state index in [4.69, 9.17) is 4.74 Å². The lowest BCUT2D eigenvalue weighted by Gasteiger charge is -2.17. The molecule has 3 rings (SSSR count). The van der Waals surface area contributed by atoms with E-state index in [0.29, 0.717) is 16.9 Å². The molecule has 0 bridgehead atoms. The Balaban J connectivity index is 1.95. The molecule has 0 unspecified atom stereocenters. The number of benzene rings is 3. The zero-order valence-electron chi connectivity index (χ0n) is 17.9. The summed E-state index contributed by atoms with van der Waals surface area (Å²) in [6, 6.07) is 17.7. The van der Waals surface area contributed by atoms with Crippen molar-refractivity contribution >= 4 is 29.1 Å². The van der Waals surface area contributed by atoms with Gasteiger partial charge in [0, 0.05) is 30.9 Å². The fraction of sp³-hybridized carbons (Fsp3) is 0.125. The summed E-state index contributed by atoms with van der Waals surface area (Å²) in [6.45, 7) is 0. The lowest BCUT2D eigenvalue weighted by molar-refractivity contribution is 0.0823. The van der Waals surface area contributed by atoms with Crippen molar-refractivity contribution < 1.29 is 24.2 Å². The Hall–Kier alpha value is -4.33. The van der Waals surface area contributed by atoms with E-state index < -0.39 is 23.5 Å². The van der Waals surface area contributed by atoms with Gasteiger partial charge in [-0.3, -0.25) is 14.4 Å². The molecule has 0 aliphatic carbocycles. The zero-order chi connectivity index (χ0) is 23.3. The third-order valence-electron chi connectivity index (χ3n) is 4.64. The van der Waals surface area contributed by atoms with Gasteiger partial charge in [-0.2, -0.15) is 0 Å². The number of nitrogens with one attached hydrogen (secondary N) is 2. The van der Waals surface area contributed by atoms with Crippen LogP contribution in [-0.2, 0) is 0 Å². The molecule has 0 fully saturated rings. The third kappa shape index (κ3) is 5.04. The first-order chi connectivity index (χ1) is 15.3. The van der Waals surface area contributed by atoms with Crippen molar-refractivity contribution in [3.05, 3.63) is 83.4 Å². The maximum atomic E-state index is 12.7. The summed E-state index contributed by atoms with van der Waals surface area (Å²) in [4.78, 5) is 39.1. The van der Waals surface area contributed by atoms with Gasteiger partial charge >= 0.3 is 0 Å². The summed E-state index contributed by atoms with van der Waals surface area (Å²) >= 11 is 0. The molecule has 3 amide bonds. The smallest absolute Gasteiger partial charge is 0.257 e. The monoisotopic (exact) mass is 433 g/mol. The third-order valence-corrected chi connectivity index (χ3v) is 4.64. The van der Waals surface area contributed by atoms with Gasteiger partial charge in [-0.15, -0.1) is 0 Å². The van der Waals surface area contributed by atoms with Crippen molar-refractivity contribution in [2.75, 3.05) is 31.8 Å². The maximum absolute atomic E-state index is 12.7. The van der Waals surface area contributed by atoms with Gasteiger partial charge in [-0.1, -0.05) is 18.2 Å². The SMILES string of the molecule is COc1ccc(C(=O)Nc2cc(NC(=O)c3ccccc3)cc(C(=O)N(C)C)c2O)cc1. The largest absolute Gasteiger partial charge is 0.505 e. The van der Waals surface area contributed by atoms with Crippen molar-refractivity contribution in [3.63, 3.8) is 0 Å². The molecule has 0 radical (unpaired) electrons. The molecule has 3 aromatic rings. The highest BCUT2D eigenvalue weighted by molar-refractivity contribution is 6.09. The summed E-state index contributed by atoms with van der Waals surface area (Å²) < 4.78 is 5.09. The summed E-state index contributed by atoms with van der Waals surface area (Å²) in [5.74, 6) is -1.19. The molecule has 0 saturated heterocycles. The van der Waals surface area contributed by atoms with Crippen molar-refractivity contribution in [3.8, 4) is 11.5 Å². The Bertz CT molecular complexity index is 1140. The van der Waals surface area contributed by atoms with Crippen LogP contribution in [0.1, 0.15) is 31.1 Å².